The zero-order valence-corrected chi connectivity index (χ0v) is 14.6. The molecule has 2 aromatic rings. The van der Waals surface area contributed by atoms with Gasteiger partial charge in [0.15, 0.2) is 11.0 Å². The van der Waals surface area contributed by atoms with Crippen molar-refractivity contribution in [3.63, 3.8) is 0 Å². The first-order valence-corrected chi connectivity index (χ1v) is 8.68. The SMILES string of the molecule is CCCCCCC/C(=N\Nc1ccc(Cl)nn1)c1ccc(O)cc1. The molecule has 0 spiro atoms. The summed E-state index contributed by atoms with van der Waals surface area (Å²) in [6.07, 6.45) is 6.87. The summed E-state index contributed by atoms with van der Waals surface area (Å²) >= 11 is 5.73. The molecule has 2 N–H and O–H groups in total. The van der Waals surface area contributed by atoms with Gasteiger partial charge in [0.05, 0.1) is 5.71 Å². The van der Waals surface area contributed by atoms with Crippen LogP contribution in [0.15, 0.2) is 41.5 Å². The van der Waals surface area contributed by atoms with E-state index in [1.165, 1.54) is 25.7 Å². The number of nitrogens with one attached hydrogen (secondary N) is 1. The summed E-state index contributed by atoms with van der Waals surface area (Å²) in [5, 5.41) is 22.0. The zero-order chi connectivity index (χ0) is 17.2. The van der Waals surface area contributed by atoms with Gasteiger partial charge >= 0.3 is 0 Å². The molecular formula is C18H23ClN4O. The maximum Gasteiger partial charge on any atom is 0.168 e. The predicted octanol–water partition coefficient (Wildman–Crippen LogP) is 5.01. The number of aromatic hydroxyl groups is 1. The van der Waals surface area contributed by atoms with Crippen LogP contribution >= 0.6 is 11.6 Å². The van der Waals surface area contributed by atoms with E-state index in [4.69, 9.17) is 11.6 Å². The van der Waals surface area contributed by atoms with Gasteiger partial charge in [-0.05, 0) is 54.8 Å². The second-order valence-corrected chi connectivity index (χ2v) is 6.01. The Bertz CT molecular complexity index is 641. The van der Waals surface area contributed by atoms with Gasteiger partial charge in [-0.25, -0.2) is 0 Å². The van der Waals surface area contributed by atoms with Crippen LogP contribution in [0.25, 0.3) is 0 Å². The number of rotatable bonds is 9. The molecular weight excluding hydrogens is 324 g/mol. The number of nitrogens with zero attached hydrogens (tertiary/aromatic N) is 3. The van der Waals surface area contributed by atoms with Crippen molar-refractivity contribution in [1.29, 1.82) is 0 Å². The Labute approximate surface area is 147 Å². The van der Waals surface area contributed by atoms with Gasteiger partial charge in [-0.15, -0.1) is 10.2 Å². The van der Waals surface area contributed by atoms with Gasteiger partial charge in [0, 0.05) is 0 Å². The molecule has 1 aromatic heterocycles. The number of hydrazone groups is 1. The zero-order valence-electron chi connectivity index (χ0n) is 13.9. The number of benzene rings is 1. The van der Waals surface area contributed by atoms with Crippen LogP contribution in [0.5, 0.6) is 5.75 Å². The van der Waals surface area contributed by atoms with E-state index in [9.17, 15) is 5.11 Å². The molecule has 5 nitrogen and oxygen atoms in total. The first kappa shape index (κ1) is 18.2. The van der Waals surface area contributed by atoms with Crippen molar-refractivity contribution in [2.45, 2.75) is 45.4 Å². The van der Waals surface area contributed by atoms with Crippen LogP contribution in [0.1, 0.15) is 51.0 Å². The Morgan fingerprint density at radius 2 is 1.79 bits per heavy atom. The standard InChI is InChI=1S/C18H23ClN4O/c1-2-3-4-5-6-7-16(14-8-10-15(24)11-9-14)20-22-18-13-12-17(19)21-23-18/h8-13,24H,2-7H2,1H3,(H,22,23)/b20-16+. The van der Waals surface area contributed by atoms with Crippen molar-refractivity contribution < 1.29 is 5.11 Å². The molecule has 0 aliphatic heterocycles. The minimum absolute atomic E-state index is 0.248. The van der Waals surface area contributed by atoms with Crippen molar-refractivity contribution in [3.8, 4) is 5.75 Å². The minimum atomic E-state index is 0.248. The molecule has 0 atom stereocenters. The third-order valence-electron chi connectivity index (χ3n) is 3.66. The highest BCUT2D eigenvalue weighted by molar-refractivity contribution is 6.29. The first-order chi connectivity index (χ1) is 11.7. The molecule has 0 fully saturated rings. The van der Waals surface area contributed by atoms with Gasteiger partial charge in [0.25, 0.3) is 0 Å². The summed E-state index contributed by atoms with van der Waals surface area (Å²) < 4.78 is 0. The van der Waals surface area contributed by atoms with Gasteiger partial charge < -0.3 is 5.11 Å². The fraction of sp³-hybridized carbons (Fsp3) is 0.389. The van der Waals surface area contributed by atoms with Crippen molar-refractivity contribution in [3.05, 3.63) is 47.1 Å². The lowest BCUT2D eigenvalue weighted by Gasteiger charge is -2.08. The van der Waals surface area contributed by atoms with Gasteiger partial charge in [0.1, 0.15) is 5.75 Å². The number of aromatic nitrogens is 2. The summed E-state index contributed by atoms with van der Waals surface area (Å²) in [4.78, 5) is 0. The lowest BCUT2D eigenvalue weighted by molar-refractivity contribution is 0.475. The average molecular weight is 347 g/mol. The molecule has 0 radical (unpaired) electrons. The summed E-state index contributed by atoms with van der Waals surface area (Å²) in [5.74, 6) is 0.791. The Morgan fingerprint density at radius 3 is 2.46 bits per heavy atom. The van der Waals surface area contributed by atoms with E-state index in [1.54, 1.807) is 24.3 Å². The summed E-state index contributed by atoms with van der Waals surface area (Å²) in [5.41, 5.74) is 4.85. The molecule has 1 aromatic carbocycles. The monoisotopic (exact) mass is 346 g/mol. The van der Waals surface area contributed by atoms with Gasteiger partial charge in [-0.3, -0.25) is 5.43 Å². The second kappa shape index (κ2) is 9.88. The molecule has 0 saturated carbocycles. The van der Waals surface area contributed by atoms with Crippen LogP contribution in [0.3, 0.4) is 0 Å². The molecule has 24 heavy (non-hydrogen) atoms. The summed E-state index contributed by atoms with van der Waals surface area (Å²) in [6, 6.07) is 10.5. The largest absolute Gasteiger partial charge is 0.508 e. The quantitative estimate of drug-likeness (QED) is 0.380. The lowest BCUT2D eigenvalue weighted by atomic mass is 10.0. The Kier molecular flexibility index (Phi) is 7.49. The average Bonchev–Trinajstić information content (AvgIpc) is 2.60. The molecule has 1 heterocycles. The van der Waals surface area contributed by atoms with E-state index in [0.717, 1.165) is 24.1 Å². The highest BCUT2D eigenvalue weighted by Crippen LogP contribution is 2.15. The van der Waals surface area contributed by atoms with E-state index in [2.05, 4.69) is 27.6 Å². The smallest absolute Gasteiger partial charge is 0.168 e. The highest BCUT2D eigenvalue weighted by atomic mass is 35.5. The first-order valence-electron chi connectivity index (χ1n) is 8.30. The van der Waals surface area contributed by atoms with Gasteiger partial charge in [-0.1, -0.05) is 44.2 Å². The van der Waals surface area contributed by atoms with Crippen LogP contribution in [-0.4, -0.2) is 21.0 Å². The number of anilines is 1. The molecule has 0 saturated heterocycles. The van der Waals surface area contributed by atoms with Crippen LogP contribution in [0.2, 0.25) is 5.15 Å². The maximum absolute atomic E-state index is 9.46. The van der Waals surface area contributed by atoms with Gasteiger partial charge in [-0.2, -0.15) is 5.10 Å². The fourth-order valence-corrected chi connectivity index (χ4v) is 2.42. The topological polar surface area (TPSA) is 70.4 Å². The summed E-state index contributed by atoms with van der Waals surface area (Å²) in [6.45, 7) is 2.21. The van der Waals surface area contributed by atoms with Crippen molar-refractivity contribution in [2.75, 3.05) is 5.43 Å². The predicted molar refractivity (Wildman–Crippen MR) is 98.7 cm³/mol. The van der Waals surface area contributed by atoms with Crippen LogP contribution in [0.4, 0.5) is 5.82 Å². The molecule has 0 bridgehead atoms. The van der Waals surface area contributed by atoms with Gasteiger partial charge in [0.2, 0.25) is 0 Å². The molecule has 0 aliphatic rings. The molecule has 128 valence electrons. The number of hydrogen-bond acceptors (Lipinski definition) is 5. The molecule has 0 aliphatic carbocycles. The number of phenols is 1. The fourth-order valence-electron chi connectivity index (χ4n) is 2.31. The van der Waals surface area contributed by atoms with E-state index in [-0.39, 0.29) is 5.75 Å². The highest BCUT2D eigenvalue weighted by Gasteiger charge is 2.05. The van der Waals surface area contributed by atoms with E-state index < -0.39 is 0 Å². The third-order valence-corrected chi connectivity index (χ3v) is 3.86. The third kappa shape index (κ3) is 6.16. The van der Waals surface area contributed by atoms with E-state index >= 15 is 0 Å². The Morgan fingerprint density at radius 1 is 1.04 bits per heavy atom. The van der Waals surface area contributed by atoms with Crippen molar-refractivity contribution >= 4 is 23.1 Å². The van der Waals surface area contributed by atoms with Crippen LogP contribution in [-0.2, 0) is 0 Å². The molecule has 0 unspecified atom stereocenters. The van der Waals surface area contributed by atoms with Crippen molar-refractivity contribution in [1.82, 2.24) is 10.2 Å². The summed E-state index contributed by atoms with van der Waals surface area (Å²) in [7, 11) is 0. The molecule has 6 heteroatoms. The lowest BCUT2D eigenvalue weighted by Crippen LogP contribution is -2.06. The Balaban J connectivity index is 2.04. The second-order valence-electron chi connectivity index (χ2n) is 5.62. The van der Waals surface area contributed by atoms with Crippen LogP contribution < -0.4 is 5.43 Å². The van der Waals surface area contributed by atoms with Crippen molar-refractivity contribution in [2.24, 2.45) is 5.10 Å². The van der Waals surface area contributed by atoms with E-state index in [0.29, 0.717) is 11.0 Å². The number of phenolic OH excluding ortho intramolecular Hbond substituents is 1. The minimum Gasteiger partial charge on any atom is -0.508 e. The number of hydrogen-bond donors (Lipinski definition) is 2. The maximum atomic E-state index is 9.46. The normalized spacial score (nSPS) is 11.5. The molecule has 2 rings (SSSR count). The Hall–Kier alpha value is -2.14. The number of unbranched alkanes of at least 4 members (excludes halogenated alkanes) is 4. The molecule has 0 amide bonds. The van der Waals surface area contributed by atoms with Crippen LogP contribution in [0, 0.1) is 0 Å². The number of halogens is 1. The van der Waals surface area contributed by atoms with E-state index in [1.807, 2.05) is 12.1 Å².